The van der Waals surface area contributed by atoms with Gasteiger partial charge >= 0.3 is 0 Å². The molecule has 0 N–H and O–H groups in total. The normalized spacial score (nSPS) is 15.7. The van der Waals surface area contributed by atoms with Crippen molar-refractivity contribution in [3.05, 3.63) is 47.1 Å². The molecular formula is C17H20N4O. The summed E-state index contributed by atoms with van der Waals surface area (Å²) in [4.78, 5) is 6.80. The molecule has 1 fully saturated rings. The van der Waals surface area contributed by atoms with Gasteiger partial charge in [-0.2, -0.15) is 10.2 Å². The van der Waals surface area contributed by atoms with E-state index in [9.17, 15) is 0 Å². The molecule has 1 aromatic heterocycles. The number of aromatic nitrogens is 2. The lowest BCUT2D eigenvalue weighted by Crippen LogP contribution is -2.26. The van der Waals surface area contributed by atoms with Crippen molar-refractivity contribution >= 4 is 0 Å². The molecule has 1 heterocycles. The van der Waals surface area contributed by atoms with E-state index >= 15 is 0 Å². The van der Waals surface area contributed by atoms with E-state index in [1.54, 1.807) is 0 Å². The minimum Gasteiger partial charge on any atom is -0.339 e. The number of nitriles is 1. The van der Waals surface area contributed by atoms with Crippen LogP contribution in [0.5, 0.6) is 0 Å². The molecule has 1 unspecified atom stereocenters. The summed E-state index contributed by atoms with van der Waals surface area (Å²) in [5, 5.41) is 13.0. The summed E-state index contributed by atoms with van der Waals surface area (Å²) in [7, 11) is 0. The molecule has 2 aromatic rings. The van der Waals surface area contributed by atoms with Gasteiger partial charge in [0, 0.05) is 12.0 Å². The highest BCUT2D eigenvalue weighted by Crippen LogP contribution is 2.38. The summed E-state index contributed by atoms with van der Waals surface area (Å²) >= 11 is 0. The highest BCUT2D eigenvalue weighted by molar-refractivity contribution is 5.32. The van der Waals surface area contributed by atoms with Gasteiger partial charge in [0.15, 0.2) is 5.82 Å². The molecule has 114 valence electrons. The predicted octanol–water partition coefficient (Wildman–Crippen LogP) is 3.40. The molecule has 1 atom stereocenters. The zero-order chi connectivity index (χ0) is 15.5. The molecule has 5 heteroatoms. The Bertz CT molecular complexity index is 667. The van der Waals surface area contributed by atoms with E-state index in [1.807, 2.05) is 24.3 Å². The van der Waals surface area contributed by atoms with E-state index in [0.29, 0.717) is 18.0 Å². The van der Waals surface area contributed by atoms with Gasteiger partial charge in [0.25, 0.3) is 0 Å². The second kappa shape index (κ2) is 6.29. The van der Waals surface area contributed by atoms with E-state index in [2.05, 4.69) is 35.0 Å². The first-order valence-electron chi connectivity index (χ1n) is 7.78. The van der Waals surface area contributed by atoms with Crippen LogP contribution < -0.4 is 0 Å². The highest BCUT2D eigenvalue weighted by atomic mass is 16.5. The number of rotatable bonds is 6. The fourth-order valence-electron chi connectivity index (χ4n) is 2.58. The molecule has 3 rings (SSSR count). The lowest BCUT2D eigenvalue weighted by molar-refractivity contribution is 0.204. The Hall–Kier alpha value is -2.19. The van der Waals surface area contributed by atoms with Gasteiger partial charge in [-0.05, 0) is 44.0 Å². The fraction of sp³-hybridized carbons (Fsp3) is 0.471. The predicted molar refractivity (Wildman–Crippen MR) is 81.9 cm³/mol. The Morgan fingerprint density at radius 1 is 1.36 bits per heavy atom. The van der Waals surface area contributed by atoms with Gasteiger partial charge in [-0.1, -0.05) is 24.2 Å². The van der Waals surface area contributed by atoms with Crippen LogP contribution in [0.3, 0.4) is 0 Å². The van der Waals surface area contributed by atoms with Crippen LogP contribution in [0.1, 0.15) is 61.5 Å². The Kier molecular flexibility index (Phi) is 4.21. The van der Waals surface area contributed by atoms with Gasteiger partial charge in [0.05, 0.1) is 18.2 Å². The van der Waals surface area contributed by atoms with Gasteiger partial charge in [-0.15, -0.1) is 0 Å². The largest absolute Gasteiger partial charge is 0.339 e. The molecule has 22 heavy (non-hydrogen) atoms. The van der Waals surface area contributed by atoms with Gasteiger partial charge in [-0.3, -0.25) is 4.90 Å². The van der Waals surface area contributed by atoms with Crippen molar-refractivity contribution in [2.45, 2.75) is 45.2 Å². The number of nitrogens with zero attached hydrogens (tertiary/aromatic N) is 4. The zero-order valence-electron chi connectivity index (χ0n) is 13.0. The minimum absolute atomic E-state index is 0.237. The third-order valence-electron chi connectivity index (χ3n) is 4.23. The van der Waals surface area contributed by atoms with Crippen LogP contribution in [-0.2, 0) is 6.54 Å². The van der Waals surface area contributed by atoms with Crippen LogP contribution in [0.15, 0.2) is 28.8 Å². The van der Waals surface area contributed by atoms with Crippen molar-refractivity contribution in [2.75, 3.05) is 6.54 Å². The van der Waals surface area contributed by atoms with Crippen LogP contribution in [-0.4, -0.2) is 21.6 Å². The van der Waals surface area contributed by atoms with Crippen LogP contribution in [0.4, 0.5) is 0 Å². The monoisotopic (exact) mass is 296 g/mol. The van der Waals surface area contributed by atoms with E-state index in [4.69, 9.17) is 9.78 Å². The quantitative estimate of drug-likeness (QED) is 0.817. The van der Waals surface area contributed by atoms with Crippen LogP contribution in [0.2, 0.25) is 0 Å². The molecule has 0 bridgehead atoms. The average Bonchev–Trinajstić information content (AvgIpc) is 3.31. The van der Waals surface area contributed by atoms with Crippen molar-refractivity contribution in [1.82, 2.24) is 15.0 Å². The Morgan fingerprint density at radius 2 is 2.09 bits per heavy atom. The third-order valence-corrected chi connectivity index (χ3v) is 4.23. The fourth-order valence-corrected chi connectivity index (χ4v) is 2.58. The molecular weight excluding hydrogens is 276 g/mol. The lowest BCUT2D eigenvalue weighted by atomic mass is 10.1. The second-order valence-electron chi connectivity index (χ2n) is 5.80. The average molecular weight is 296 g/mol. The summed E-state index contributed by atoms with van der Waals surface area (Å²) in [6.45, 7) is 5.86. The molecule has 1 saturated carbocycles. The minimum atomic E-state index is 0.237. The Morgan fingerprint density at radius 3 is 2.68 bits per heavy atom. The number of hydrogen-bond acceptors (Lipinski definition) is 5. The number of benzene rings is 1. The van der Waals surface area contributed by atoms with E-state index < -0.39 is 0 Å². The molecule has 1 aromatic carbocycles. The molecule has 0 spiro atoms. The topological polar surface area (TPSA) is 66.0 Å². The maximum atomic E-state index is 8.88. The molecule has 0 amide bonds. The summed E-state index contributed by atoms with van der Waals surface area (Å²) in [6.07, 6.45) is 2.33. The SMILES string of the molecule is CCN(Cc1noc(C2CC2)n1)C(C)c1ccc(C#N)cc1. The van der Waals surface area contributed by atoms with Gasteiger partial charge < -0.3 is 4.52 Å². The lowest BCUT2D eigenvalue weighted by Gasteiger charge is -2.26. The first-order valence-corrected chi connectivity index (χ1v) is 7.78. The van der Waals surface area contributed by atoms with Crippen LogP contribution in [0, 0.1) is 11.3 Å². The molecule has 1 aliphatic carbocycles. The van der Waals surface area contributed by atoms with Crippen molar-refractivity contribution in [1.29, 1.82) is 5.26 Å². The summed E-state index contributed by atoms with van der Waals surface area (Å²) in [5.74, 6) is 2.04. The van der Waals surface area contributed by atoms with Crippen molar-refractivity contribution < 1.29 is 4.52 Å². The number of hydrogen-bond donors (Lipinski definition) is 0. The van der Waals surface area contributed by atoms with Crippen molar-refractivity contribution in [3.8, 4) is 6.07 Å². The molecule has 5 nitrogen and oxygen atoms in total. The van der Waals surface area contributed by atoms with Gasteiger partial charge in [0.1, 0.15) is 0 Å². The maximum Gasteiger partial charge on any atom is 0.229 e. The second-order valence-corrected chi connectivity index (χ2v) is 5.80. The van der Waals surface area contributed by atoms with E-state index in [0.717, 1.165) is 18.3 Å². The van der Waals surface area contributed by atoms with E-state index in [-0.39, 0.29) is 6.04 Å². The van der Waals surface area contributed by atoms with Gasteiger partial charge in [-0.25, -0.2) is 0 Å². The van der Waals surface area contributed by atoms with Crippen LogP contribution >= 0.6 is 0 Å². The Labute approximate surface area is 130 Å². The van der Waals surface area contributed by atoms with E-state index in [1.165, 1.54) is 18.4 Å². The third kappa shape index (κ3) is 3.18. The first kappa shape index (κ1) is 14.7. The molecule has 0 radical (unpaired) electrons. The zero-order valence-corrected chi connectivity index (χ0v) is 13.0. The maximum absolute atomic E-state index is 8.88. The molecule has 0 aliphatic heterocycles. The van der Waals surface area contributed by atoms with Crippen molar-refractivity contribution in [2.24, 2.45) is 0 Å². The molecule has 0 saturated heterocycles. The van der Waals surface area contributed by atoms with Crippen LogP contribution in [0.25, 0.3) is 0 Å². The standard InChI is InChI=1S/C17H20N4O/c1-3-21(11-16-19-17(22-20-16)15-8-9-15)12(2)14-6-4-13(10-18)5-7-14/h4-7,12,15H,3,8-9,11H2,1-2H3. The highest BCUT2D eigenvalue weighted by Gasteiger charge is 2.30. The summed E-state index contributed by atoms with van der Waals surface area (Å²) in [5.41, 5.74) is 1.87. The summed E-state index contributed by atoms with van der Waals surface area (Å²) < 4.78 is 5.33. The van der Waals surface area contributed by atoms with Gasteiger partial charge in [0.2, 0.25) is 5.89 Å². The summed E-state index contributed by atoms with van der Waals surface area (Å²) in [6, 6.07) is 10.1. The molecule has 1 aliphatic rings. The Balaban J connectivity index is 1.69. The smallest absolute Gasteiger partial charge is 0.229 e. The first-order chi connectivity index (χ1) is 10.7. The van der Waals surface area contributed by atoms with Crippen molar-refractivity contribution in [3.63, 3.8) is 0 Å².